The van der Waals surface area contributed by atoms with Crippen molar-refractivity contribution in [2.24, 2.45) is 0 Å². The highest BCUT2D eigenvalue weighted by Gasteiger charge is 2.15. The lowest BCUT2D eigenvalue weighted by Gasteiger charge is -2.22. The van der Waals surface area contributed by atoms with Crippen LogP contribution in [0.25, 0.3) is 0 Å². The zero-order valence-corrected chi connectivity index (χ0v) is 12.8. The number of hydrogen-bond acceptors (Lipinski definition) is 3. The smallest absolute Gasteiger partial charge is 0.221 e. The Balaban J connectivity index is 1.62. The van der Waals surface area contributed by atoms with Crippen molar-refractivity contribution in [3.63, 3.8) is 0 Å². The van der Waals surface area contributed by atoms with E-state index in [0.29, 0.717) is 12.5 Å². The van der Waals surface area contributed by atoms with Gasteiger partial charge >= 0.3 is 0 Å². The van der Waals surface area contributed by atoms with Crippen LogP contribution in [0.3, 0.4) is 0 Å². The van der Waals surface area contributed by atoms with E-state index in [1.54, 1.807) is 11.3 Å². The van der Waals surface area contributed by atoms with E-state index in [4.69, 9.17) is 0 Å². The lowest BCUT2D eigenvalue weighted by atomic mass is 10.0. The minimum atomic E-state index is 0.171. The monoisotopic (exact) mass is 330 g/mol. The van der Waals surface area contributed by atoms with Gasteiger partial charge in [-0.3, -0.25) is 4.79 Å². The third-order valence-electron chi connectivity index (χ3n) is 3.16. The predicted molar refractivity (Wildman–Crippen MR) is 79.0 cm³/mol. The zero-order valence-electron chi connectivity index (χ0n) is 10.4. The molecule has 1 fully saturated rings. The first-order valence-corrected chi connectivity index (χ1v) is 8.14. The van der Waals surface area contributed by atoms with Gasteiger partial charge in [0.15, 0.2) is 0 Å². The number of piperidine rings is 1. The van der Waals surface area contributed by atoms with Gasteiger partial charge in [0.2, 0.25) is 5.91 Å². The van der Waals surface area contributed by atoms with Gasteiger partial charge in [-0.15, -0.1) is 11.3 Å². The van der Waals surface area contributed by atoms with E-state index in [2.05, 4.69) is 38.0 Å². The number of nitrogens with one attached hydrogen (secondary N) is 2. The summed E-state index contributed by atoms with van der Waals surface area (Å²) in [6.07, 6.45) is 5.15. The lowest BCUT2D eigenvalue weighted by Crippen LogP contribution is -2.39. The van der Waals surface area contributed by atoms with E-state index in [1.165, 1.54) is 17.7 Å². The average molecular weight is 331 g/mol. The molecule has 100 valence electrons. The van der Waals surface area contributed by atoms with Crippen molar-refractivity contribution in [1.29, 1.82) is 0 Å². The molecule has 1 amide bonds. The maximum atomic E-state index is 11.7. The van der Waals surface area contributed by atoms with Crippen LogP contribution in [0.2, 0.25) is 0 Å². The summed E-state index contributed by atoms with van der Waals surface area (Å²) in [6.45, 7) is 1.79. The van der Waals surface area contributed by atoms with Gasteiger partial charge in [0.25, 0.3) is 0 Å². The molecule has 1 saturated heterocycles. The number of amides is 1. The third kappa shape index (κ3) is 4.71. The van der Waals surface area contributed by atoms with E-state index in [0.717, 1.165) is 30.4 Å². The van der Waals surface area contributed by atoms with Crippen LogP contribution in [0.4, 0.5) is 0 Å². The number of thiophene rings is 1. The van der Waals surface area contributed by atoms with Crippen molar-refractivity contribution in [2.75, 3.05) is 13.1 Å². The van der Waals surface area contributed by atoms with Gasteiger partial charge in [0, 0.05) is 33.7 Å². The molecule has 2 heterocycles. The summed E-state index contributed by atoms with van der Waals surface area (Å²) in [5.41, 5.74) is 0. The normalized spacial score (nSPS) is 19.7. The molecule has 1 aromatic rings. The first-order valence-electron chi connectivity index (χ1n) is 6.47. The molecular weight excluding hydrogens is 312 g/mol. The number of hydrogen-bond donors (Lipinski definition) is 2. The second-order valence-electron chi connectivity index (χ2n) is 4.68. The largest absolute Gasteiger partial charge is 0.356 e. The van der Waals surface area contributed by atoms with E-state index < -0.39 is 0 Å². The zero-order chi connectivity index (χ0) is 12.8. The fraction of sp³-hybridized carbons (Fsp3) is 0.615. The molecule has 0 saturated carbocycles. The Labute approximate surface area is 120 Å². The number of rotatable bonds is 5. The first kappa shape index (κ1) is 14.0. The Morgan fingerprint density at radius 2 is 2.44 bits per heavy atom. The fourth-order valence-corrected chi connectivity index (χ4v) is 3.66. The van der Waals surface area contributed by atoms with Gasteiger partial charge in [-0.25, -0.2) is 0 Å². The fourth-order valence-electron chi connectivity index (χ4n) is 2.20. The highest BCUT2D eigenvalue weighted by Crippen LogP contribution is 2.19. The van der Waals surface area contributed by atoms with Gasteiger partial charge < -0.3 is 10.6 Å². The molecule has 1 unspecified atom stereocenters. The summed E-state index contributed by atoms with van der Waals surface area (Å²) in [6, 6.07) is 2.49. The summed E-state index contributed by atoms with van der Waals surface area (Å²) < 4.78 is 1.13. The highest BCUT2D eigenvalue weighted by molar-refractivity contribution is 9.10. The Kier molecular flexibility index (Phi) is 5.66. The Hall–Kier alpha value is -0.390. The lowest BCUT2D eigenvalue weighted by molar-refractivity contribution is -0.121. The molecular formula is C13H19BrN2OS. The Morgan fingerprint density at radius 1 is 1.56 bits per heavy atom. The molecule has 3 nitrogen and oxygen atoms in total. The SMILES string of the molecule is O=C(CC1CCCCN1)NCCc1cc(Br)cs1. The topological polar surface area (TPSA) is 41.1 Å². The van der Waals surface area contributed by atoms with E-state index >= 15 is 0 Å². The minimum absolute atomic E-state index is 0.171. The number of carbonyl (C=O) groups excluding carboxylic acids is 1. The van der Waals surface area contributed by atoms with Crippen molar-refractivity contribution >= 4 is 33.2 Å². The maximum Gasteiger partial charge on any atom is 0.221 e. The summed E-state index contributed by atoms with van der Waals surface area (Å²) >= 11 is 5.16. The summed E-state index contributed by atoms with van der Waals surface area (Å²) in [7, 11) is 0. The van der Waals surface area contributed by atoms with Crippen molar-refractivity contribution in [3.05, 3.63) is 20.8 Å². The van der Waals surface area contributed by atoms with Crippen molar-refractivity contribution in [3.8, 4) is 0 Å². The second-order valence-corrected chi connectivity index (χ2v) is 6.59. The molecule has 0 aliphatic carbocycles. The van der Waals surface area contributed by atoms with E-state index in [1.807, 2.05) is 0 Å². The van der Waals surface area contributed by atoms with Gasteiger partial charge in [0.05, 0.1) is 0 Å². The molecule has 0 aromatic carbocycles. The van der Waals surface area contributed by atoms with Crippen LogP contribution in [-0.4, -0.2) is 25.0 Å². The van der Waals surface area contributed by atoms with Gasteiger partial charge in [0.1, 0.15) is 0 Å². The predicted octanol–water partition coefficient (Wildman–Crippen LogP) is 2.70. The summed E-state index contributed by atoms with van der Waals surface area (Å²) in [5, 5.41) is 8.47. The molecule has 1 aromatic heterocycles. The van der Waals surface area contributed by atoms with Crippen LogP contribution in [0.1, 0.15) is 30.6 Å². The van der Waals surface area contributed by atoms with Crippen molar-refractivity contribution in [2.45, 2.75) is 38.1 Å². The molecule has 5 heteroatoms. The summed E-state index contributed by atoms with van der Waals surface area (Å²) in [4.78, 5) is 13.1. The third-order valence-corrected chi connectivity index (χ3v) is 4.92. The molecule has 0 radical (unpaired) electrons. The van der Waals surface area contributed by atoms with Gasteiger partial charge in [-0.2, -0.15) is 0 Å². The van der Waals surface area contributed by atoms with Gasteiger partial charge in [-0.1, -0.05) is 6.42 Å². The average Bonchev–Trinajstić information content (AvgIpc) is 2.76. The molecule has 18 heavy (non-hydrogen) atoms. The first-order chi connectivity index (χ1) is 8.74. The Morgan fingerprint density at radius 3 is 3.11 bits per heavy atom. The van der Waals surface area contributed by atoms with E-state index in [-0.39, 0.29) is 5.91 Å². The summed E-state index contributed by atoms with van der Waals surface area (Å²) in [5.74, 6) is 0.171. The molecule has 1 aliphatic heterocycles. The molecule has 2 rings (SSSR count). The molecule has 2 N–H and O–H groups in total. The molecule has 1 aliphatic rings. The maximum absolute atomic E-state index is 11.7. The van der Waals surface area contributed by atoms with Crippen LogP contribution >= 0.6 is 27.3 Å². The van der Waals surface area contributed by atoms with Crippen LogP contribution in [0.15, 0.2) is 15.9 Å². The Bertz CT molecular complexity index is 388. The van der Waals surface area contributed by atoms with Crippen molar-refractivity contribution < 1.29 is 4.79 Å². The highest BCUT2D eigenvalue weighted by atomic mass is 79.9. The van der Waals surface area contributed by atoms with Crippen LogP contribution in [-0.2, 0) is 11.2 Å². The molecule has 0 spiro atoms. The second kappa shape index (κ2) is 7.26. The minimum Gasteiger partial charge on any atom is -0.356 e. The number of carbonyl (C=O) groups is 1. The van der Waals surface area contributed by atoms with Gasteiger partial charge in [-0.05, 0) is 47.8 Å². The quantitative estimate of drug-likeness (QED) is 0.871. The van der Waals surface area contributed by atoms with Crippen LogP contribution in [0.5, 0.6) is 0 Å². The number of halogens is 1. The van der Waals surface area contributed by atoms with Crippen LogP contribution < -0.4 is 10.6 Å². The standard InChI is InChI=1S/C13H19BrN2OS/c14-10-7-12(18-9-10)4-6-16-13(17)8-11-3-1-2-5-15-11/h7,9,11,15H,1-6,8H2,(H,16,17). The van der Waals surface area contributed by atoms with Crippen LogP contribution in [0, 0.1) is 0 Å². The molecule has 1 atom stereocenters. The van der Waals surface area contributed by atoms with E-state index in [9.17, 15) is 4.79 Å². The molecule has 0 bridgehead atoms. The van der Waals surface area contributed by atoms with Crippen molar-refractivity contribution in [1.82, 2.24) is 10.6 Å².